The summed E-state index contributed by atoms with van der Waals surface area (Å²) in [5.74, 6) is -0.939. The van der Waals surface area contributed by atoms with Crippen LogP contribution in [0.25, 0.3) is 0 Å². The molecule has 0 radical (unpaired) electrons. The van der Waals surface area contributed by atoms with E-state index in [1.165, 1.54) is 19.1 Å². The Labute approximate surface area is 109 Å². The minimum absolute atomic E-state index is 0.00650. The first kappa shape index (κ1) is 14.7. The number of hydrogen-bond donors (Lipinski definition) is 1. The quantitative estimate of drug-likeness (QED) is 0.869. The summed E-state index contributed by atoms with van der Waals surface area (Å²) in [7, 11) is -3.90. The van der Waals surface area contributed by atoms with Crippen LogP contribution in [0.4, 0.5) is 4.39 Å². The number of hydrogen-bond acceptors (Lipinski definition) is 3. The van der Waals surface area contributed by atoms with Gasteiger partial charge in [0.05, 0.1) is 5.75 Å². The van der Waals surface area contributed by atoms with Gasteiger partial charge in [-0.15, -0.1) is 0 Å². The minimum Gasteiger partial charge on any atom is -0.384 e. The Morgan fingerprint density at radius 3 is 2.53 bits per heavy atom. The Balaban J connectivity index is 3.17. The van der Waals surface area contributed by atoms with E-state index in [1.54, 1.807) is 0 Å². The Bertz CT molecular complexity index is 502. The number of benzene rings is 1. The van der Waals surface area contributed by atoms with E-state index >= 15 is 0 Å². The molecule has 0 heterocycles. The molecule has 0 bridgehead atoms. The monoisotopic (exact) mass is 300 g/mol. The first-order chi connectivity index (χ1) is 7.72. The molecule has 1 aromatic rings. The van der Waals surface area contributed by atoms with E-state index in [-0.39, 0.29) is 11.3 Å². The summed E-state index contributed by atoms with van der Waals surface area (Å²) >= 11 is 11.3. The standard InChI is InChI=1S/C10H11Cl2FO3S/c1-2-17(15,16)10(11,12)9(14)7-4-3-5-8(13)6-7/h3-6,9,14H,2H2,1H3. The normalized spacial score (nSPS) is 14.6. The van der Waals surface area contributed by atoms with Gasteiger partial charge < -0.3 is 5.11 Å². The van der Waals surface area contributed by atoms with Crippen LogP contribution in [0.1, 0.15) is 18.6 Å². The second kappa shape index (κ2) is 5.10. The molecular formula is C10H11Cl2FO3S. The third-order valence-corrected chi connectivity index (χ3v) is 5.91. The molecule has 1 rings (SSSR count). The molecule has 0 saturated heterocycles. The summed E-state index contributed by atoms with van der Waals surface area (Å²) in [4.78, 5) is 0. The molecule has 0 saturated carbocycles. The van der Waals surface area contributed by atoms with Crippen molar-refractivity contribution in [3.05, 3.63) is 35.6 Å². The highest BCUT2D eigenvalue weighted by Gasteiger charge is 2.46. The summed E-state index contributed by atoms with van der Waals surface area (Å²) < 4.78 is 33.8. The van der Waals surface area contributed by atoms with Crippen LogP contribution >= 0.6 is 23.2 Å². The molecule has 0 aliphatic rings. The van der Waals surface area contributed by atoms with Gasteiger partial charge in [0.25, 0.3) is 0 Å². The SMILES string of the molecule is CCS(=O)(=O)C(Cl)(Cl)C(O)c1cccc(F)c1. The molecular weight excluding hydrogens is 290 g/mol. The van der Waals surface area contributed by atoms with Crippen LogP contribution in [-0.2, 0) is 9.84 Å². The number of aliphatic hydroxyl groups is 1. The lowest BCUT2D eigenvalue weighted by atomic mass is 10.1. The summed E-state index contributed by atoms with van der Waals surface area (Å²) in [6.45, 7) is 1.35. The summed E-state index contributed by atoms with van der Waals surface area (Å²) in [5.41, 5.74) is 0.00650. The zero-order valence-corrected chi connectivity index (χ0v) is 11.2. The van der Waals surface area contributed by atoms with E-state index in [0.29, 0.717) is 0 Å². The first-order valence-corrected chi connectivity index (χ1v) is 7.17. The Morgan fingerprint density at radius 1 is 1.47 bits per heavy atom. The summed E-state index contributed by atoms with van der Waals surface area (Å²) in [6, 6.07) is 4.82. The van der Waals surface area contributed by atoms with Crippen molar-refractivity contribution < 1.29 is 17.9 Å². The molecule has 0 spiro atoms. The highest BCUT2D eigenvalue weighted by molar-refractivity contribution is 7.95. The van der Waals surface area contributed by atoms with Gasteiger partial charge in [-0.2, -0.15) is 0 Å². The fourth-order valence-corrected chi connectivity index (χ4v) is 3.00. The van der Waals surface area contributed by atoms with Gasteiger partial charge in [-0.3, -0.25) is 0 Å². The van der Waals surface area contributed by atoms with Crippen molar-refractivity contribution in [3.63, 3.8) is 0 Å². The van der Waals surface area contributed by atoms with Crippen LogP contribution in [-0.4, -0.2) is 22.9 Å². The predicted molar refractivity (Wildman–Crippen MR) is 65.3 cm³/mol. The van der Waals surface area contributed by atoms with Crippen molar-refractivity contribution in [2.24, 2.45) is 0 Å². The molecule has 3 nitrogen and oxygen atoms in total. The molecule has 1 aromatic carbocycles. The van der Waals surface area contributed by atoms with Gasteiger partial charge in [0.15, 0.2) is 9.84 Å². The second-order valence-corrected chi connectivity index (χ2v) is 7.71. The highest BCUT2D eigenvalue weighted by atomic mass is 35.5. The molecule has 0 fully saturated rings. The van der Waals surface area contributed by atoms with Crippen LogP contribution in [0.15, 0.2) is 24.3 Å². The topological polar surface area (TPSA) is 54.4 Å². The van der Waals surface area contributed by atoms with Crippen molar-refractivity contribution >= 4 is 33.0 Å². The molecule has 1 atom stereocenters. The van der Waals surface area contributed by atoms with Crippen molar-refractivity contribution in [3.8, 4) is 0 Å². The van der Waals surface area contributed by atoms with Crippen molar-refractivity contribution in [2.45, 2.75) is 16.7 Å². The molecule has 7 heteroatoms. The smallest absolute Gasteiger partial charge is 0.247 e. The van der Waals surface area contributed by atoms with E-state index in [2.05, 4.69) is 0 Å². The maximum atomic E-state index is 12.9. The Kier molecular flexibility index (Phi) is 4.41. The van der Waals surface area contributed by atoms with E-state index in [0.717, 1.165) is 12.1 Å². The minimum atomic E-state index is -3.90. The average Bonchev–Trinajstić information content (AvgIpc) is 2.27. The van der Waals surface area contributed by atoms with Gasteiger partial charge in [-0.05, 0) is 17.7 Å². The van der Waals surface area contributed by atoms with Crippen LogP contribution in [0, 0.1) is 5.82 Å². The molecule has 0 aliphatic carbocycles. The van der Waals surface area contributed by atoms with Crippen LogP contribution in [0.5, 0.6) is 0 Å². The maximum Gasteiger partial charge on any atom is 0.247 e. The van der Waals surface area contributed by atoms with Crippen molar-refractivity contribution in [1.29, 1.82) is 0 Å². The third-order valence-electron chi connectivity index (χ3n) is 2.28. The van der Waals surface area contributed by atoms with Crippen LogP contribution < -0.4 is 0 Å². The van der Waals surface area contributed by atoms with Gasteiger partial charge in [-0.1, -0.05) is 42.3 Å². The largest absolute Gasteiger partial charge is 0.384 e. The fourth-order valence-electron chi connectivity index (χ4n) is 1.23. The first-order valence-electron chi connectivity index (χ1n) is 4.76. The second-order valence-electron chi connectivity index (χ2n) is 3.42. The van der Waals surface area contributed by atoms with Gasteiger partial charge >= 0.3 is 0 Å². The molecule has 0 aliphatic heterocycles. The van der Waals surface area contributed by atoms with E-state index < -0.39 is 25.4 Å². The van der Waals surface area contributed by atoms with Gasteiger partial charge in [0.1, 0.15) is 11.9 Å². The summed E-state index contributed by atoms with van der Waals surface area (Å²) in [6.07, 6.45) is -1.72. The maximum absolute atomic E-state index is 12.9. The van der Waals surface area contributed by atoms with E-state index in [9.17, 15) is 17.9 Å². The molecule has 1 unspecified atom stereocenters. The number of aliphatic hydroxyl groups excluding tert-OH is 1. The average molecular weight is 301 g/mol. The number of halogens is 3. The Hall–Kier alpha value is -0.360. The third kappa shape index (κ3) is 2.91. The fraction of sp³-hybridized carbons (Fsp3) is 0.400. The predicted octanol–water partition coefficient (Wildman–Crippen LogP) is 2.43. The van der Waals surface area contributed by atoms with E-state index in [4.69, 9.17) is 23.2 Å². The molecule has 17 heavy (non-hydrogen) atoms. The molecule has 0 aromatic heterocycles. The van der Waals surface area contributed by atoms with E-state index in [1.807, 2.05) is 0 Å². The van der Waals surface area contributed by atoms with Gasteiger partial charge in [0.2, 0.25) is 3.67 Å². The van der Waals surface area contributed by atoms with Crippen LogP contribution in [0.2, 0.25) is 0 Å². The zero-order chi connectivity index (χ0) is 13.3. The van der Waals surface area contributed by atoms with Crippen molar-refractivity contribution in [1.82, 2.24) is 0 Å². The molecule has 0 amide bonds. The van der Waals surface area contributed by atoms with Gasteiger partial charge in [0, 0.05) is 0 Å². The lowest BCUT2D eigenvalue weighted by Gasteiger charge is -2.25. The highest BCUT2D eigenvalue weighted by Crippen LogP contribution is 2.41. The lowest BCUT2D eigenvalue weighted by molar-refractivity contribution is 0.180. The van der Waals surface area contributed by atoms with Crippen LogP contribution in [0.3, 0.4) is 0 Å². The number of sulfone groups is 1. The number of rotatable bonds is 4. The van der Waals surface area contributed by atoms with Crippen molar-refractivity contribution in [2.75, 3.05) is 5.75 Å². The summed E-state index contributed by atoms with van der Waals surface area (Å²) in [5, 5.41) is 9.83. The lowest BCUT2D eigenvalue weighted by Crippen LogP contribution is -2.34. The zero-order valence-electron chi connectivity index (χ0n) is 8.90. The Morgan fingerprint density at radius 2 is 2.06 bits per heavy atom. The number of alkyl halides is 2. The molecule has 1 N–H and O–H groups in total. The molecule has 96 valence electrons. The van der Waals surface area contributed by atoms with Gasteiger partial charge in [-0.25, -0.2) is 12.8 Å².